The molecule has 2 atom stereocenters. The van der Waals surface area contributed by atoms with E-state index < -0.39 is 0 Å². The topological polar surface area (TPSA) is 59.6 Å². The third kappa shape index (κ3) is 4.92. The first kappa shape index (κ1) is 13.8. The van der Waals surface area contributed by atoms with Crippen LogP contribution in [0.1, 0.15) is 32.1 Å². The normalized spacial score (nSPS) is 28.9. The molecule has 18 heavy (non-hydrogen) atoms. The summed E-state index contributed by atoms with van der Waals surface area (Å²) in [7, 11) is 0. The zero-order valence-corrected chi connectivity index (χ0v) is 11.0. The van der Waals surface area contributed by atoms with Gasteiger partial charge in [0.25, 0.3) is 0 Å². The summed E-state index contributed by atoms with van der Waals surface area (Å²) in [6.07, 6.45) is 5.34. The first-order valence-corrected chi connectivity index (χ1v) is 7.04. The lowest BCUT2D eigenvalue weighted by Crippen LogP contribution is -2.44. The molecule has 2 saturated heterocycles. The molecule has 2 aliphatic rings. The molecule has 0 aromatic carbocycles. The molecule has 2 fully saturated rings. The van der Waals surface area contributed by atoms with E-state index in [-0.39, 0.29) is 11.9 Å². The van der Waals surface area contributed by atoms with Crippen LogP contribution in [0.4, 0.5) is 0 Å². The molecule has 0 radical (unpaired) electrons. The Hall–Kier alpha value is -0.650. The van der Waals surface area contributed by atoms with Crippen molar-refractivity contribution in [1.29, 1.82) is 0 Å². The second kappa shape index (κ2) is 7.71. The summed E-state index contributed by atoms with van der Waals surface area (Å²) in [5, 5.41) is 6.24. The van der Waals surface area contributed by atoms with Gasteiger partial charge in [0, 0.05) is 32.2 Å². The Bertz CT molecular complexity index is 249. The molecular formula is C13H24N2O3. The molecule has 2 heterocycles. The number of rotatable bonds is 5. The average Bonchev–Trinajstić information content (AvgIpc) is 2.41. The Morgan fingerprint density at radius 1 is 1.33 bits per heavy atom. The van der Waals surface area contributed by atoms with Gasteiger partial charge in [-0.25, -0.2) is 0 Å². The molecule has 2 aliphatic heterocycles. The van der Waals surface area contributed by atoms with Crippen LogP contribution in [0.15, 0.2) is 0 Å². The summed E-state index contributed by atoms with van der Waals surface area (Å²) in [6, 6.07) is 0.171. The first-order chi connectivity index (χ1) is 8.84. The second-order valence-corrected chi connectivity index (χ2v) is 5.06. The van der Waals surface area contributed by atoms with Crippen molar-refractivity contribution in [3.8, 4) is 0 Å². The molecule has 0 saturated carbocycles. The van der Waals surface area contributed by atoms with Crippen molar-refractivity contribution >= 4 is 5.91 Å². The van der Waals surface area contributed by atoms with Crippen molar-refractivity contribution in [3.63, 3.8) is 0 Å². The van der Waals surface area contributed by atoms with E-state index in [9.17, 15) is 4.79 Å². The smallest absolute Gasteiger partial charge is 0.221 e. The average molecular weight is 256 g/mol. The molecule has 104 valence electrons. The molecule has 0 aromatic rings. The minimum atomic E-state index is 0.105. The molecule has 2 rings (SSSR count). The highest BCUT2D eigenvalue weighted by Gasteiger charge is 2.17. The van der Waals surface area contributed by atoms with Gasteiger partial charge in [-0.15, -0.1) is 0 Å². The van der Waals surface area contributed by atoms with Crippen molar-refractivity contribution in [2.75, 3.05) is 32.9 Å². The lowest BCUT2D eigenvalue weighted by atomic mass is 10.1. The number of ether oxygens (including phenoxy) is 2. The van der Waals surface area contributed by atoms with Crippen molar-refractivity contribution in [2.45, 2.75) is 44.2 Å². The molecule has 0 spiro atoms. The van der Waals surface area contributed by atoms with E-state index in [2.05, 4.69) is 10.6 Å². The molecule has 2 N–H and O–H groups in total. The van der Waals surface area contributed by atoms with E-state index in [0.717, 1.165) is 39.1 Å². The number of amides is 1. The highest BCUT2D eigenvalue weighted by atomic mass is 16.5. The van der Waals surface area contributed by atoms with E-state index in [1.54, 1.807) is 0 Å². The summed E-state index contributed by atoms with van der Waals surface area (Å²) in [5.41, 5.74) is 0. The predicted molar refractivity (Wildman–Crippen MR) is 68.4 cm³/mol. The van der Waals surface area contributed by atoms with Crippen molar-refractivity contribution < 1.29 is 14.3 Å². The molecular weight excluding hydrogens is 232 g/mol. The zero-order valence-electron chi connectivity index (χ0n) is 11.0. The molecule has 2 unspecified atom stereocenters. The van der Waals surface area contributed by atoms with E-state index in [0.29, 0.717) is 19.1 Å². The molecule has 0 bridgehead atoms. The summed E-state index contributed by atoms with van der Waals surface area (Å²) in [4.78, 5) is 11.7. The monoisotopic (exact) mass is 256 g/mol. The summed E-state index contributed by atoms with van der Waals surface area (Å²) in [5.74, 6) is 0.105. The zero-order chi connectivity index (χ0) is 12.6. The minimum absolute atomic E-state index is 0.105. The molecule has 0 aliphatic carbocycles. The third-order valence-corrected chi connectivity index (χ3v) is 3.49. The quantitative estimate of drug-likeness (QED) is 0.749. The predicted octanol–water partition coefficient (Wildman–Crippen LogP) is 0.440. The van der Waals surface area contributed by atoms with Gasteiger partial charge in [-0.2, -0.15) is 0 Å². The number of morpholine rings is 1. The Labute approximate surface area is 109 Å². The number of nitrogens with one attached hydrogen (secondary N) is 2. The van der Waals surface area contributed by atoms with Gasteiger partial charge < -0.3 is 20.1 Å². The fourth-order valence-electron chi connectivity index (χ4n) is 2.45. The third-order valence-electron chi connectivity index (χ3n) is 3.49. The van der Waals surface area contributed by atoms with Gasteiger partial charge in [0.15, 0.2) is 0 Å². The van der Waals surface area contributed by atoms with Crippen LogP contribution in [-0.2, 0) is 14.3 Å². The van der Waals surface area contributed by atoms with E-state index in [1.807, 2.05) is 0 Å². The summed E-state index contributed by atoms with van der Waals surface area (Å²) < 4.78 is 10.9. The Kier molecular flexibility index (Phi) is 5.90. The summed E-state index contributed by atoms with van der Waals surface area (Å²) in [6.45, 7) is 3.82. The van der Waals surface area contributed by atoms with Crippen LogP contribution < -0.4 is 10.6 Å². The van der Waals surface area contributed by atoms with Crippen molar-refractivity contribution in [2.24, 2.45) is 0 Å². The van der Waals surface area contributed by atoms with Gasteiger partial charge >= 0.3 is 0 Å². The molecule has 0 aromatic heterocycles. The fourth-order valence-corrected chi connectivity index (χ4v) is 2.45. The van der Waals surface area contributed by atoms with Gasteiger partial charge in [0.05, 0.1) is 19.3 Å². The van der Waals surface area contributed by atoms with E-state index >= 15 is 0 Å². The second-order valence-electron chi connectivity index (χ2n) is 5.06. The first-order valence-electron chi connectivity index (χ1n) is 7.04. The molecule has 1 amide bonds. The summed E-state index contributed by atoms with van der Waals surface area (Å²) >= 11 is 0. The van der Waals surface area contributed by atoms with Gasteiger partial charge in [-0.1, -0.05) is 0 Å². The van der Waals surface area contributed by atoms with Crippen molar-refractivity contribution in [3.05, 3.63) is 0 Å². The number of hydrogen-bond acceptors (Lipinski definition) is 4. The Balaban J connectivity index is 1.53. The SMILES string of the molecule is O=C(CC1COCCN1)NCCC1CCCCO1. The standard InChI is InChI=1S/C13H24N2O3/c16-13(9-11-10-17-8-6-14-11)15-5-4-12-3-1-2-7-18-12/h11-12,14H,1-10H2,(H,15,16). The van der Waals surface area contributed by atoms with Crippen LogP contribution in [0.2, 0.25) is 0 Å². The number of hydrogen-bond donors (Lipinski definition) is 2. The van der Waals surface area contributed by atoms with Crippen molar-refractivity contribution in [1.82, 2.24) is 10.6 Å². The highest BCUT2D eigenvalue weighted by Crippen LogP contribution is 2.14. The fraction of sp³-hybridized carbons (Fsp3) is 0.923. The van der Waals surface area contributed by atoms with Gasteiger partial charge in [0.1, 0.15) is 0 Å². The Morgan fingerprint density at radius 2 is 2.28 bits per heavy atom. The Morgan fingerprint density at radius 3 is 3.00 bits per heavy atom. The van der Waals surface area contributed by atoms with E-state index in [4.69, 9.17) is 9.47 Å². The van der Waals surface area contributed by atoms with Crippen LogP contribution in [0.25, 0.3) is 0 Å². The maximum absolute atomic E-state index is 11.7. The van der Waals surface area contributed by atoms with Gasteiger partial charge in [-0.05, 0) is 25.7 Å². The number of carbonyl (C=O) groups is 1. The minimum Gasteiger partial charge on any atom is -0.378 e. The van der Waals surface area contributed by atoms with Crippen LogP contribution in [0.3, 0.4) is 0 Å². The van der Waals surface area contributed by atoms with E-state index in [1.165, 1.54) is 12.8 Å². The maximum Gasteiger partial charge on any atom is 0.221 e. The molecule has 5 nitrogen and oxygen atoms in total. The largest absolute Gasteiger partial charge is 0.378 e. The highest BCUT2D eigenvalue weighted by molar-refractivity contribution is 5.76. The number of carbonyl (C=O) groups excluding carboxylic acids is 1. The lowest BCUT2D eigenvalue weighted by Gasteiger charge is -2.24. The maximum atomic E-state index is 11.7. The van der Waals surface area contributed by atoms with Crippen LogP contribution in [0.5, 0.6) is 0 Å². The molecule has 5 heteroatoms. The lowest BCUT2D eigenvalue weighted by molar-refractivity contribution is -0.122. The van der Waals surface area contributed by atoms with Crippen LogP contribution in [-0.4, -0.2) is 51.0 Å². The van der Waals surface area contributed by atoms with Crippen LogP contribution >= 0.6 is 0 Å². The van der Waals surface area contributed by atoms with Crippen LogP contribution in [0, 0.1) is 0 Å². The van der Waals surface area contributed by atoms with Gasteiger partial charge in [0.2, 0.25) is 5.91 Å². The van der Waals surface area contributed by atoms with Gasteiger partial charge in [-0.3, -0.25) is 4.79 Å².